The molecule has 0 unspecified atom stereocenters. The van der Waals surface area contributed by atoms with Gasteiger partial charge in [0, 0.05) is 18.4 Å². The fourth-order valence-corrected chi connectivity index (χ4v) is 3.72. The molecule has 17 heavy (non-hydrogen) atoms. The first-order chi connectivity index (χ1) is 8.36. The molecular formula is C14H25N3. The van der Waals surface area contributed by atoms with E-state index in [1.165, 1.54) is 63.7 Å². The Hall–Kier alpha value is -0.700. The zero-order chi connectivity index (χ0) is 11.6. The van der Waals surface area contributed by atoms with Crippen LogP contribution in [0.3, 0.4) is 0 Å². The number of piperidine rings is 1. The molecule has 0 atom stereocenters. The van der Waals surface area contributed by atoms with Crippen LogP contribution in [0.25, 0.3) is 0 Å². The lowest BCUT2D eigenvalue weighted by atomic mass is 9.68. The van der Waals surface area contributed by atoms with Gasteiger partial charge < -0.3 is 10.6 Å². The Kier molecular flexibility index (Phi) is 3.28. The first-order valence-corrected chi connectivity index (χ1v) is 7.25. The maximum atomic E-state index is 3.38. The summed E-state index contributed by atoms with van der Waals surface area (Å²) in [7, 11) is 0. The molecule has 1 saturated heterocycles. The monoisotopic (exact) mass is 235 g/mol. The molecule has 2 aliphatic heterocycles. The summed E-state index contributed by atoms with van der Waals surface area (Å²) in [6.07, 6.45) is 12.5. The lowest BCUT2D eigenvalue weighted by Crippen LogP contribution is -2.42. The van der Waals surface area contributed by atoms with Crippen LogP contribution in [-0.2, 0) is 0 Å². The van der Waals surface area contributed by atoms with Crippen molar-refractivity contribution >= 4 is 0 Å². The van der Waals surface area contributed by atoms with Crippen molar-refractivity contribution in [3.63, 3.8) is 0 Å². The molecule has 0 bridgehead atoms. The molecule has 3 heteroatoms. The van der Waals surface area contributed by atoms with Gasteiger partial charge in [0.1, 0.15) is 0 Å². The lowest BCUT2D eigenvalue weighted by Gasteiger charge is -2.44. The maximum absolute atomic E-state index is 3.38. The van der Waals surface area contributed by atoms with Gasteiger partial charge in [-0.25, -0.2) is 0 Å². The first kappa shape index (κ1) is 11.4. The second kappa shape index (κ2) is 4.89. The summed E-state index contributed by atoms with van der Waals surface area (Å²) in [5, 5.41) is 6.60. The Morgan fingerprint density at radius 3 is 2.47 bits per heavy atom. The average Bonchev–Trinajstić information content (AvgIpc) is 2.87. The molecule has 0 radical (unpaired) electrons. The molecule has 1 saturated carbocycles. The number of hydrogen-bond donors (Lipinski definition) is 2. The molecule has 3 nitrogen and oxygen atoms in total. The van der Waals surface area contributed by atoms with Crippen molar-refractivity contribution in [3.8, 4) is 0 Å². The summed E-state index contributed by atoms with van der Waals surface area (Å²) in [5.74, 6) is 0. The molecule has 0 aromatic heterocycles. The Morgan fingerprint density at radius 2 is 1.82 bits per heavy atom. The number of hydrogen-bond acceptors (Lipinski definition) is 3. The third-order valence-corrected chi connectivity index (χ3v) is 4.92. The van der Waals surface area contributed by atoms with Gasteiger partial charge in [0.25, 0.3) is 0 Å². The minimum atomic E-state index is 0.741. The molecule has 0 aromatic rings. The molecule has 1 aliphatic carbocycles. The van der Waals surface area contributed by atoms with Crippen molar-refractivity contribution < 1.29 is 0 Å². The van der Waals surface area contributed by atoms with E-state index in [9.17, 15) is 0 Å². The van der Waals surface area contributed by atoms with Gasteiger partial charge in [-0.1, -0.05) is 19.3 Å². The summed E-state index contributed by atoms with van der Waals surface area (Å²) >= 11 is 0. The van der Waals surface area contributed by atoms with E-state index in [2.05, 4.69) is 21.7 Å². The van der Waals surface area contributed by atoms with Crippen molar-refractivity contribution in [1.82, 2.24) is 15.5 Å². The highest BCUT2D eigenvalue weighted by atomic mass is 15.2. The van der Waals surface area contributed by atoms with Crippen LogP contribution in [0.5, 0.6) is 0 Å². The van der Waals surface area contributed by atoms with Gasteiger partial charge in [-0.2, -0.15) is 0 Å². The zero-order valence-electron chi connectivity index (χ0n) is 10.8. The minimum absolute atomic E-state index is 0.741. The highest BCUT2D eigenvalue weighted by molar-refractivity contribution is 5.06. The van der Waals surface area contributed by atoms with Crippen LogP contribution in [-0.4, -0.2) is 31.2 Å². The predicted molar refractivity (Wildman–Crippen MR) is 70.4 cm³/mol. The Labute approximate surface area is 105 Å². The van der Waals surface area contributed by atoms with Crippen LogP contribution in [0.2, 0.25) is 0 Å². The quantitative estimate of drug-likeness (QED) is 0.767. The number of rotatable bonds is 2. The van der Waals surface area contributed by atoms with E-state index in [1.54, 1.807) is 0 Å². The standard InChI is InChI=1S/C14H25N3/c1-2-4-14(5-3-1)6-8-17(9-7-14)11-13-10-15-12-16-13/h10,15-16H,1-9,11-12H2. The molecule has 3 aliphatic rings. The summed E-state index contributed by atoms with van der Waals surface area (Å²) in [5.41, 5.74) is 2.11. The fraction of sp³-hybridized carbons (Fsp3) is 0.857. The molecule has 2 heterocycles. The van der Waals surface area contributed by atoms with Crippen LogP contribution in [0.4, 0.5) is 0 Å². The van der Waals surface area contributed by atoms with Crippen molar-refractivity contribution in [3.05, 3.63) is 11.9 Å². The van der Waals surface area contributed by atoms with Crippen molar-refractivity contribution in [2.24, 2.45) is 5.41 Å². The van der Waals surface area contributed by atoms with E-state index >= 15 is 0 Å². The second-order valence-electron chi connectivity index (χ2n) is 6.06. The van der Waals surface area contributed by atoms with E-state index in [1.807, 2.05) is 0 Å². The van der Waals surface area contributed by atoms with Gasteiger partial charge in [-0.3, -0.25) is 4.90 Å². The molecule has 2 fully saturated rings. The summed E-state index contributed by atoms with van der Waals surface area (Å²) in [6, 6.07) is 0. The van der Waals surface area contributed by atoms with Gasteiger partial charge in [-0.15, -0.1) is 0 Å². The average molecular weight is 235 g/mol. The Bertz CT molecular complexity index is 282. The number of likely N-dealkylation sites (tertiary alicyclic amines) is 1. The summed E-state index contributed by atoms with van der Waals surface area (Å²) < 4.78 is 0. The normalized spacial score (nSPS) is 28.6. The van der Waals surface area contributed by atoms with E-state index in [-0.39, 0.29) is 0 Å². The fourth-order valence-electron chi connectivity index (χ4n) is 3.72. The smallest absolute Gasteiger partial charge is 0.0843 e. The van der Waals surface area contributed by atoms with E-state index < -0.39 is 0 Å². The molecule has 0 aromatic carbocycles. The van der Waals surface area contributed by atoms with Crippen LogP contribution in [0.1, 0.15) is 44.9 Å². The molecule has 2 N–H and O–H groups in total. The zero-order valence-corrected chi connectivity index (χ0v) is 10.8. The Morgan fingerprint density at radius 1 is 1.06 bits per heavy atom. The van der Waals surface area contributed by atoms with Gasteiger partial charge in [0.05, 0.1) is 6.67 Å². The van der Waals surface area contributed by atoms with Crippen molar-refractivity contribution in [2.75, 3.05) is 26.3 Å². The SMILES string of the molecule is C1=C(CN2CCC3(CCCCC3)CC2)NCN1. The van der Waals surface area contributed by atoms with Crippen molar-refractivity contribution in [1.29, 1.82) is 0 Å². The second-order valence-corrected chi connectivity index (χ2v) is 6.06. The molecule has 1 spiro atoms. The van der Waals surface area contributed by atoms with Crippen LogP contribution in [0.15, 0.2) is 11.9 Å². The molecule has 3 rings (SSSR count). The highest BCUT2D eigenvalue weighted by Gasteiger charge is 2.35. The van der Waals surface area contributed by atoms with E-state index in [4.69, 9.17) is 0 Å². The van der Waals surface area contributed by atoms with Gasteiger partial charge in [0.15, 0.2) is 0 Å². The van der Waals surface area contributed by atoms with Crippen molar-refractivity contribution in [2.45, 2.75) is 44.9 Å². The summed E-state index contributed by atoms with van der Waals surface area (Å²) in [6.45, 7) is 4.63. The third-order valence-electron chi connectivity index (χ3n) is 4.92. The maximum Gasteiger partial charge on any atom is 0.0843 e. The van der Waals surface area contributed by atoms with Gasteiger partial charge >= 0.3 is 0 Å². The summed E-state index contributed by atoms with van der Waals surface area (Å²) in [4.78, 5) is 2.62. The largest absolute Gasteiger partial charge is 0.372 e. The minimum Gasteiger partial charge on any atom is -0.372 e. The number of nitrogens with zero attached hydrogens (tertiary/aromatic N) is 1. The van der Waals surface area contributed by atoms with Crippen LogP contribution < -0.4 is 10.6 Å². The number of nitrogens with one attached hydrogen (secondary N) is 2. The van der Waals surface area contributed by atoms with E-state index in [0.717, 1.165) is 18.6 Å². The topological polar surface area (TPSA) is 27.3 Å². The van der Waals surface area contributed by atoms with Crippen LogP contribution >= 0.6 is 0 Å². The van der Waals surface area contributed by atoms with E-state index in [0.29, 0.717) is 0 Å². The third kappa shape index (κ3) is 2.59. The molecular weight excluding hydrogens is 210 g/mol. The lowest BCUT2D eigenvalue weighted by molar-refractivity contribution is 0.0719. The first-order valence-electron chi connectivity index (χ1n) is 7.25. The highest BCUT2D eigenvalue weighted by Crippen LogP contribution is 2.44. The van der Waals surface area contributed by atoms with Gasteiger partial charge in [0.2, 0.25) is 0 Å². The molecule has 0 amide bonds. The van der Waals surface area contributed by atoms with Gasteiger partial charge in [-0.05, 0) is 44.2 Å². The molecule has 96 valence electrons. The van der Waals surface area contributed by atoms with Crippen LogP contribution in [0, 0.1) is 5.41 Å². The Balaban J connectivity index is 1.49. The predicted octanol–water partition coefficient (Wildman–Crippen LogP) is 2.02.